The molecule has 1 amide bonds. The van der Waals surface area contributed by atoms with Gasteiger partial charge in [-0.05, 0) is 38.1 Å². The van der Waals surface area contributed by atoms with Crippen LogP contribution < -0.4 is 15.4 Å². The molecular formula is C19H21N5O3. The number of benzene rings is 1. The van der Waals surface area contributed by atoms with Crippen LogP contribution in [0, 0.1) is 0 Å². The minimum absolute atomic E-state index is 0.106. The molecule has 3 aromatic rings. The highest BCUT2D eigenvalue weighted by molar-refractivity contribution is 6.11. The number of anilines is 2. The van der Waals surface area contributed by atoms with Gasteiger partial charge in [-0.15, -0.1) is 0 Å². The van der Waals surface area contributed by atoms with E-state index in [1.165, 1.54) is 6.33 Å². The van der Waals surface area contributed by atoms with E-state index in [0.29, 0.717) is 19.7 Å². The molecule has 1 aliphatic heterocycles. The summed E-state index contributed by atoms with van der Waals surface area (Å²) in [5.41, 5.74) is 6.99. The van der Waals surface area contributed by atoms with E-state index in [2.05, 4.69) is 9.97 Å². The minimum Gasteiger partial charge on any atom is -0.475 e. The van der Waals surface area contributed by atoms with Gasteiger partial charge in [0.05, 0.1) is 18.7 Å². The average Bonchev–Trinajstić information content (AvgIpc) is 2.89. The molecule has 27 heavy (non-hydrogen) atoms. The second-order valence-corrected chi connectivity index (χ2v) is 7.24. The van der Waals surface area contributed by atoms with Crippen molar-refractivity contribution >= 4 is 28.3 Å². The summed E-state index contributed by atoms with van der Waals surface area (Å²) in [6, 6.07) is 7.74. The Morgan fingerprint density at radius 2 is 2.11 bits per heavy atom. The number of fused-ring (bicyclic) bond motifs is 2. The number of hydrogen-bond acceptors (Lipinski definition) is 6. The van der Waals surface area contributed by atoms with Gasteiger partial charge in [0.2, 0.25) is 5.88 Å². The third-order valence-corrected chi connectivity index (χ3v) is 4.48. The normalized spacial score (nSPS) is 14.8. The molecule has 2 aromatic heterocycles. The summed E-state index contributed by atoms with van der Waals surface area (Å²) < 4.78 is 7.57. The number of aromatic nitrogens is 3. The molecule has 0 unspecified atom stereocenters. The highest BCUT2D eigenvalue weighted by Gasteiger charge is 2.29. The highest BCUT2D eigenvalue weighted by Crippen LogP contribution is 2.30. The number of hydrogen-bond donors (Lipinski definition) is 2. The van der Waals surface area contributed by atoms with Gasteiger partial charge in [0.25, 0.3) is 5.91 Å². The molecule has 1 aliphatic rings. The van der Waals surface area contributed by atoms with Crippen LogP contribution in [0.1, 0.15) is 24.2 Å². The number of nitrogens with two attached hydrogens (primary N) is 1. The summed E-state index contributed by atoms with van der Waals surface area (Å²) in [4.78, 5) is 22.6. The van der Waals surface area contributed by atoms with Crippen LogP contribution in [0.25, 0.3) is 10.9 Å². The first kappa shape index (κ1) is 17.3. The summed E-state index contributed by atoms with van der Waals surface area (Å²) in [6.07, 6.45) is 3.22. The van der Waals surface area contributed by atoms with Gasteiger partial charge in [-0.25, -0.2) is 9.97 Å². The van der Waals surface area contributed by atoms with Gasteiger partial charge in [0, 0.05) is 22.8 Å². The van der Waals surface area contributed by atoms with E-state index in [1.54, 1.807) is 18.7 Å². The zero-order valence-corrected chi connectivity index (χ0v) is 15.2. The van der Waals surface area contributed by atoms with Gasteiger partial charge >= 0.3 is 0 Å². The lowest BCUT2D eigenvalue weighted by Gasteiger charge is -2.21. The van der Waals surface area contributed by atoms with Crippen molar-refractivity contribution in [3.05, 3.63) is 42.4 Å². The number of carbonyl (C=O) groups excluding carboxylic acids is 1. The molecule has 3 heterocycles. The predicted molar refractivity (Wildman–Crippen MR) is 102 cm³/mol. The molecule has 1 aromatic carbocycles. The Morgan fingerprint density at radius 1 is 1.30 bits per heavy atom. The Kier molecular flexibility index (Phi) is 4.00. The molecule has 140 valence electrons. The number of rotatable bonds is 3. The van der Waals surface area contributed by atoms with Gasteiger partial charge in [-0.2, -0.15) is 0 Å². The standard InChI is InChI=1S/C19H21N5O3/c1-19(2,26)10-23-6-5-12-9-13(3-4-14(12)23)24-7-8-27-17-15(18(24)25)16(20)21-11-22-17/h3-6,9,11,26H,7-8,10H2,1-2H3,(H2,20,21,22). The van der Waals surface area contributed by atoms with Gasteiger partial charge < -0.3 is 25.0 Å². The number of aliphatic hydroxyl groups is 1. The Labute approximate surface area is 156 Å². The molecule has 0 aliphatic carbocycles. The van der Waals surface area contributed by atoms with Crippen LogP contribution in [-0.4, -0.2) is 44.3 Å². The summed E-state index contributed by atoms with van der Waals surface area (Å²) in [7, 11) is 0. The monoisotopic (exact) mass is 367 g/mol. The maximum absolute atomic E-state index is 13.0. The van der Waals surface area contributed by atoms with Crippen molar-refractivity contribution in [3.8, 4) is 5.88 Å². The summed E-state index contributed by atoms with van der Waals surface area (Å²) in [6.45, 7) is 4.71. The summed E-state index contributed by atoms with van der Waals surface area (Å²) in [5, 5.41) is 11.1. The molecular weight excluding hydrogens is 346 g/mol. The molecule has 0 atom stereocenters. The Bertz CT molecular complexity index is 1020. The third-order valence-electron chi connectivity index (χ3n) is 4.48. The molecule has 0 fully saturated rings. The van der Waals surface area contributed by atoms with Crippen molar-refractivity contribution in [1.29, 1.82) is 0 Å². The Hall–Kier alpha value is -3.13. The molecule has 0 saturated heterocycles. The lowest BCUT2D eigenvalue weighted by Crippen LogP contribution is -2.32. The lowest BCUT2D eigenvalue weighted by atomic mass is 10.1. The van der Waals surface area contributed by atoms with Crippen LogP contribution in [0.4, 0.5) is 11.5 Å². The number of amides is 1. The van der Waals surface area contributed by atoms with Crippen LogP contribution in [0.15, 0.2) is 36.8 Å². The fourth-order valence-corrected chi connectivity index (χ4v) is 3.32. The van der Waals surface area contributed by atoms with Crippen molar-refractivity contribution in [2.45, 2.75) is 26.0 Å². The van der Waals surface area contributed by atoms with E-state index in [9.17, 15) is 9.90 Å². The molecule has 8 heteroatoms. The van der Waals surface area contributed by atoms with Crippen molar-refractivity contribution in [2.24, 2.45) is 0 Å². The van der Waals surface area contributed by atoms with Crippen molar-refractivity contribution < 1.29 is 14.6 Å². The second kappa shape index (κ2) is 6.24. The number of nitrogen functional groups attached to an aromatic ring is 1. The van der Waals surface area contributed by atoms with E-state index in [0.717, 1.165) is 16.6 Å². The molecule has 0 radical (unpaired) electrons. The zero-order valence-electron chi connectivity index (χ0n) is 15.2. The maximum Gasteiger partial charge on any atom is 0.267 e. The average molecular weight is 367 g/mol. The number of ether oxygens (including phenoxy) is 1. The first-order valence-electron chi connectivity index (χ1n) is 8.70. The number of nitrogens with zero attached hydrogens (tertiary/aromatic N) is 4. The van der Waals surface area contributed by atoms with Crippen molar-refractivity contribution in [1.82, 2.24) is 14.5 Å². The van der Waals surface area contributed by atoms with Crippen molar-refractivity contribution in [3.63, 3.8) is 0 Å². The Morgan fingerprint density at radius 3 is 2.89 bits per heavy atom. The fraction of sp³-hybridized carbons (Fsp3) is 0.316. The topological polar surface area (TPSA) is 106 Å². The first-order chi connectivity index (χ1) is 12.8. The Balaban J connectivity index is 1.72. The lowest BCUT2D eigenvalue weighted by molar-refractivity contribution is 0.0628. The van der Waals surface area contributed by atoms with E-state index in [4.69, 9.17) is 10.5 Å². The maximum atomic E-state index is 13.0. The predicted octanol–water partition coefficient (Wildman–Crippen LogP) is 1.82. The third kappa shape index (κ3) is 3.19. The smallest absolute Gasteiger partial charge is 0.267 e. The van der Waals surface area contributed by atoms with Crippen molar-refractivity contribution in [2.75, 3.05) is 23.8 Å². The van der Waals surface area contributed by atoms with Crippen LogP contribution in [0.2, 0.25) is 0 Å². The van der Waals surface area contributed by atoms with E-state index in [-0.39, 0.29) is 23.2 Å². The molecule has 0 spiro atoms. The highest BCUT2D eigenvalue weighted by atomic mass is 16.5. The second-order valence-electron chi connectivity index (χ2n) is 7.24. The quantitative estimate of drug-likeness (QED) is 0.731. The van der Waals surface area contributed by atoms with Gasteiger partial charge in [-0.3, -0.25) is 4.79 Å². The van der Waals surface area contributed by atoms with Gasteiger partial charge in [0.15, 0.2) is 0 Å². The van der Waals surface area contributed by atoms with Crippen LogP contribution >= 0.6 is 0 Å². The molecule has 8 nitrogen and oxygen atoms in total. The number of carbonyl (C=O) groups is 1. The first-order valence-corrected chi connectivity index (χ1v) is 8.70. The zero-order chi connectivity index (χ0) is 19.2. The van der Waals surface area contributed by atoms with Crippen LogP contribution in [0.3, 0.4) is 0 Å². The minimum atomic E-state index is -0.816. The fourth-order valence-electron chi connectivity index (χ4n) is 3.32. The summed E-state index contributed by atoms with van der Waals surface area (Å²) in [5.74, 6) is 0.0394. The van der Waals surface area contributed by atoms with Gasteiger partial charge in [-0.1, -0.05) is 0 Å². The largest absolute Gasteiger partial charge is 0.475 e. The molecule has 0 saturated carbocycles. The van der Waals surface area contributed by atoms with E-state index in [1.807, 2.05) is 35.0 Å². The molecule has 3 N–H and O–H groups in total. The van der Waals surface area contributed by atoms with Crippen LogP contribution in [0.5, 0.6) is 5.88 Å². The van der Waals surface area contributed by atoms with Gasteiger partial charge in [0.1, 0.15) is 24.3 Å². The molecule has 0 bridgehead atoms. The molecule has 4 rings (SSSR count). The summed E-state index contributed by atoms with van der Waals surface area (Å²) >= 11 is 0. The van der Waals surface area contributed by atoms with Crippen LogP contribution in [-0.2, 0) is 6.54 Å². The van der Waals surface area contributed by atoms with E-state index >= 15 is 0 Å². The SMILES string of the molecule is CC(C)(O)Cn1ccc2cc(N3CCOc4ncnc(N)c4C3=O)ccc21. The van der Waals surface area contributed by atoms with E-state index < -0.39 is 5.60 Å².